The predicted octanol–water partition coefficient (Wildman–Crippen LogP) is 3.85. The van der Waals surface area contributed by atoms with Crippen molar-refractivity contribution in [2.75, 3.05) is 0 Å². The van der Waals surface area contributed by atoms with E-state index in [0.717, 1.165) is 25.7 Å². The Labute approximate surface area is 123 Å². The van der Waals surface area contributed by atoms with Gasteiger partial charge in [0.2, 0.25) is 0 Å². The van der Waals surface area contributed by atoms with Crippen LogP contribution in [0.2, 0.25) is 0 Å². The van der Waals surface area contributed by atoms with E-state index in [0.29, 0.717) is 5.56 Å². The highest BCUT2D eigenvalue weighted by Gasteiger charge is 2.11. The molecule has 0 saturated carbocycles. The average Bonchev–Trinajstić information content (AvgIpc) is 2.90. The molecule has 0 amide bonds. The van der Waals surface area contributed by atoms with Gasteiger partial charge in [-0.3, -0.25) is 0 Å². The third kappa shape index (κ3) is 2.39. The van der Waals surface area contributed by atoms with Gasteiger partial charge in [0.1, 0.15) is 16.2 Å². The Hall–Kier alpha value is -1.92. The van der Waals surface area contributed by atoms with Crippen LogP contribution in [0.4, 0.5) is 0 Å². The van der Waals surface area contributed by atoms with Gasteiger partial charge in [-0.05, 0) is 36.1 Å². The van der Waals surface area contributed by atoms with Crippen molar-refractivity contribution >= 4 is 39.3 Å². The van der Waals surface area contributed by atoms with Crippen molar-refractivity contribution in [3.8, 4) is 0 Å². The fourth-order valence-corrected chi connectivity index (χ4v) is 3.56. The summed E-state index contributed by atoms with van der Waals surface area (Å²) in [6, 6.07) is 7.39. The van der Waals surface area contributed by atoms with Gasteiger partial charge < -0.3 is 5.11 Å². The zero-order chi connectivity index (χ0) is 14.1. The van der Waals surface area contributed by atoms with Gasteiger partial charge in [-0.1, -0.05) is 17.8 Å². The molecule has 0 radical (unpaired) electrons. The first-order valence-corrected chi connectivity index (χ1v) is 7.55. The molecule has 6 heteroatoms. The minimum atomic E-state index is -0.909. The highest BCUT2D eigenvalue weighted by molar-refractivity contribution is 7.99. The van der Waals surface area contributed by atoms with Crippen LogP contribution in [-0.4, -0.2) is 21.0 Å². The van der Waals surface area contributed by atoms with E-state index in [9.17, 15) is 4.79 Å². The monoisotopic (exact) mass is 302 g/mol. The molecule has 0 bridgehead atoms. The minimum Gasteiger partial charge on any atom is -0.478 e. The Morgan fingerprint density at radius 1 is 1.30 bits per heavy atom. The molecule has 4 nitrogen and oxygen atoms in total. The number of carbonyl (C=O) groups is 1. The van der Waals surface area contributed by atoms with Crippen LogP contribution in [-0.2, 0) is 0 Å². The number of rotatable bonds is 3. The number of aromatic carboxylic acids is 1. The van der Waals surface area contributed by atoms with Gasteiger partial charge >= 0.3 is 5.97 Å². The summed E-state index contributed by atoms with van der Waals surface area (Å²) in [6.45, 7) is 1.79. The van der Waals surface area contributed by atoms with Crippen molar-refractivity contribution in [1.82, 2.24) is 9.97 Å². The fourth-order valence-electron chi connectivity index (χ4n) is 1.86. The number of hydrogen-bond acceptors (Lipinski definition) is 5. The zero-order valence-corrected chi connectivity index (χ0v) is 12.2. The van der Waals surface area contributed by atoms with Crippen LogP contribution in [0.5, 0.6) is 0 Å². The molecule has 1 aromatic carbocycles. The maximum absolute atomic E-state index is 11.2. The molecule has 0 aliphatic rings. The highest BCUT2D eigenvalue weighted by Crippen LogP contribution is 2.33. The van der Waals surface area contributed by atoms with E-state index < -0.39 is 5.97 Å². The third-order valence-electron chi connectivity index (χ3n) is 2.88. The zero-order valence-electron chi connectivity index (χ0n) is 10.5. The first kappa shape index (κ1) is 13.1. The summed E-state index contributed by atoms with van der Waals surface area (Å²) in [7, 11) is 0. The summed E-state index contributed by atoms with van der Waals surface area (Å²) in [5, 5.41) is 13.0. The van der Waals surface area contributed by atoms with Crippen LogP contribution in [0.25, 0.3) is 10.2 Å². The van der Waals surface area contributed by atoms with Crippen LogP contribution >= 0.6 is 23.1 Å². The molecular formula is C14H10N2O2S2. The van der Waals surface area contributed by atoms with E-state index in [1.54, 1.807) is 24.3 Å². The van der Waals surface area contributed by atoms with Gasteiger partial charge in [-0.2, -0.15) is 0 Å². The number of nitrogens with zero attached hydrogens (tertiary/aromatic N) is 2. The molecule has 0 aliphatic carbocycles. The van der Waals surface area contributed by atoms with Crippen molar-refractivity contribution in [1.29, 1.82) is 0 Å². The molecule has 3 rings (SSSR count). The summed E-state index contributed by atoms with van der Waals surface area (Å²) in [5.74, 6) is -0.909. The summed E-state index contributed by atoms with van der Waals surface area (Å²) in [4.78, 5) is 21.4. The normalized spacial score (nSPS) is 10.8. The Morgan fingerprint density at radius 2 is 2.15 bits per heavy atom. The lowest BCUT2D eigenvalue weighted by Crippen LogP contribution is -1.99. The second-order valence-electron chi connectivity index (χ2n) is 4.20. The minimum absolute atomic E-state index is 0.325. The van der Waals surface area contributed by atoms with Gasteiger partial charge in [0, 0.05) is 10.3 Å². The number of benzene rings is 1. The highest BCUT2D eigenvalue weighted by atomic mass is 32.2. The van der Waals surface area contributed by atoms with Gasteiger partial charge in [0.15, 0.2) is 0 Å². The second-order valence-corrected chi connectivity index (χ2v) is 6.16. The van der Waals surface area contributed by atoms with Crippen molar-refractivity contribution in [3.05, 3.63) is 47.1 Å². The molecule has 0 aliphatic heterocycles. The van der Waals surface area contributed by atoms with Gasteiger partial charge in [0.25, 0.3) is 0 Å². The molecular weight excluding hydrogens is 292 g/mol. The number of aryl methyl sites for hydroxylation is 1. The van der Waals surface area contributed by atoms with E-state index in [2.05, 4.69) is 9.97 Å². The van der Waals surface area contributed by atoms with Crippen LogP contribution < -0.4 is 0 Å². The number of hydrogen-bond donors (Lipinski definition) is 1. The quantitative estimate of drug-likeness (QED) is 0.745. The summed E-state index contributed by atoms with van der Waals surface area (Å²) >= 11 is 3.02. The summed E-state index contributed by atoms with van der Waals surface area (Å²) in [6.07, 6.45) is 1.54. The lowest BCUT2D eigenvalue weighted by molar-refractivity contribution is 0.0696. The van der Waals surface area contributed by atoms with Crippen molar-refractivity contribution in [3.63, 3.8) is 0 Å². The molecule has 3 aromatic rings. The van der Waals surface area contributed by atoms with Gasteiger partial charge in [0.05, 0.1) is 5.56 Å². The van der Waals surface area contributed by atoms with E-state index in [1.165, 1.54) is 18.1 Å². The second kappa shape index (κ2) is 5.22. The van der Waals surface area contributed by atoms with Crippen LogP contribution in [0.3, 0.4) is 0 Å². The molecule has 0 spiro atoms. The Bertz CT molecular complexity index is 799. The topological polar surface area (TPSA) is 63.1 Å². The number of carboxylic acid groups (broad SMARTS) is 1. The molecule has 0 atom stereocenters. The predicted molar refractivity (Wildman–Crippen MR) is 79.7 cm³/mol. The largest absolute Gasteiger partial charge is 0.478 e. The molecule has 0 fully saturated rings. The van der Waals surface area contributed by atoms with Gasteiger partial charge in [-0.15, -0.1) is 11.3 Å². The average molecular weight is 302 g/mol. The molecule has 0 unspecified atom stereocenters. The fraction of sp³-hybridized carbons (Fsp3) is 0.0714. The maximum Gasteiger partial charge on any atom is 0.335 e. The smallest absolute Gasteiger partial charge is 0.335 e. The standard InChI is InChI=1S/C14H10N2O2S2/c1-8-2-3-9(6-11(8)14(17)18)20-13-10-4-5-19-12(10)15-7-16-13/h2-7H,1H3,(H,17,18). The van der Waals surface area contributed by atoms with E-state index in [1.807, 2.05) is 23.6 Å². The number of aromatic nitrogens is 2. The van der Waals surface area contributed by atoms with E-state index >= 15 is 0 Å². The van der Waals surface area contributed by atoms with Crippen molar-refractivity contribution < 1.29 is 9.90 Å². The molecule has 2 heterocycles. The first-order valence-electron chi connectivity index (χ1n) is 5.85. The lowest BCUT2D eigenvalue weighted by atomic mass is 10.1. The van der Waals surface area contributed by atoms with Crippen LogP contribution in [0, 0.1) is 6.92 Å². The Morgan fingerprint density at radius 3 is 2.95 bits per heavy atom. The van der Waals surface area contributed by atoms with Gasteiger partial charge in [-0.25, -0.2) is 14.8 Å². The summed E-state index contributed by atoms with van der Waals surface area (Å²) < 4.78 is 0. The summed E-state index contributed by atoms with van der Waals surface area (Å²) in [5.41, 5.74) is 1.08. The molecule has 20 heavy (non-hydrogen) atoms. The van der Waals surface area contributed by atoms with E-state index in [4.69, 9.17) is 5.11 Å². The molecule has 100 valence electrons. The maximum atomic E-state index is 11.2. The molecule has 2 aromatic heterocycles. The number of thiophene rings is 1. The van der Waals surface area contributed by atoms with Crippen molar-refractivity contribution in [2.45, 2.75) is 16.8 Å². The number of fused-ring (bicyclic) bond motifs is 1. The molecule has 0 saturated heterocycles. The first-order chi connectivity index (χ1) is 9.65. The SMILES string of the molecule is Cc1ccc(Sc2ncnc3sccc23)cc1C(=O)O. The van der Waals surface area contributed by atoms with Crippen molar-refractivity contribution in [2.24, 2.45) is 0 Å². The third-order valence-corrected chi connectivity index (χ3v) is 4.71. The lowest BCUT2D eigenvalue weighted by Gasteiger charge is -2.05. The van der Waals surface area contributed by atoms with Crippen LogP contribution in [0.15, 0.2) is 45.9 Å². The number of carboxylic acids is 1. The van der Waals surface area contributed by atoms with Crippen LogP contribution in [0.1, 0.15) is 15.9 Å². The van der Waals surface area contributed by atoms with E-state index in [-0.39, 0.29) is 0 Å². The molecule has 1 N–H and O–H groups in total. The Balaban J connectivity index is 2.01. The Kier molecular flexibility index (Phi) is 3.42.